The lowest BCUT2D eigenvalue weighted by atomic mass is 9.87. The van der Waals surface area contributed by atoms with E-state index in [0.29, 0.717) is 10.0 Å². The third kappa shape index (κ3) is 4.95. The normalized spacial score (nSPS) is 11.9. The summed E-state index contributed by atoms with van der Waals surface area (Å²) >= 11 is 3.36. The van der Waals surface area contributed by atoms with Gasteiger partial charge in [-0.25, -0.2) is 8.42 Å². The van der Waals surface area contributed by atoms with E-state index in [1.807, 2.05) is 18.2 Å². The number of benzene rings is 3. The summed E-state index contributed by atoms with van der Waals surface area (Å²) in [4.78, 5) is 13.1. The van der Waals surface area contributed by atoms with Crippen molar-refractivity contribution in [3.05, 3.63) is 94.0 Å². The van der Waals surface area contributed by atoms with Crippen molar-refractivity contribution in [1.29, 1.82) is 0 Å². The summed E-state index contributed by atoms with van der Waals surface area (Å²) in [5.41, 5.74) is 1.97. The molecule has 1 N–H and O–H groups in total. The Balaban J connectivity index is 1.96. The van der Waals surface area contributed by atoms with E-state index in [0.717, 1.165) is 5.56 Å². The number of nitrogens with one attached hydrogen (secondary N) is 1. The van der Waals surface area contributed by atoms with Crippen molar-refractivity contribution in [3.63, 3.8) is 0 Å². The zero-order valence-electron chi connectivity index (χ0n) is 16.4. The van der Waals surface area contributed by atoms with Crippen LogP contribution in [0.1, 0.15) is 42.3 Å². The number of carbonyl (C=O) groups excluding carboxylic acids is 1. The van der Waals surface area contributed by atoms with Crippen LogP contribution in [0.4, 0.5) is 5.69 Å². The number of rotatable bonds is 5. The first-order valence-electron chi connectivity index (χ1n) is 9.10. The molecule has 6 heteroatoms. The van der Waals surface area contributed by atoms with Crippen LogP contribution in [0.5, 0.6) is 0 Å². The summed E-state index contributed by atoms with van der Waals surface area (Å²) in [7, 11) is -3.84. The largest absolute Gasteiger partial charge is 0.289 e. The molecule has 0 aromatic heterocycles. The first kappa shape index (κ1) is 21.3. The van der Waals surface area contributed by atoms with E-state index < -0.39 is 10.0 Å². The minimum atomic E-state index is -3.84. The van der Waals surface area contributed by atoms with Crippen LogP contribution in [0.2, 0.25) is 0 Å². The lowest BCUT2D eigenvalue weighted by Gasteiger charge is -2.19. The van der Waals surface area contributed by atoms with Crippen LogP contribution in [0.3, 0.4) is 0 Å². The number of hydrogen-bond donors (Lipinski definition) is 1. The fraction of sp³-hybridized carbons (Fsp3) is 0.174. The maximum Gasteiger partial charge on any atom is 0.261 e. The van der Waals surface area contributed by atoms with E-state index >= 15 is 0 Å². The van der Waals surface area contributed by atoms with E-state index in [2.05, 4.69) is 41.4 Å². The Bertz CT molecular complexity index is 1130. The topological polar surface area (TPSA) is 63.2 Å². The van der Waals surface area contributed by atoms with Crippen molar-refractivity contribution in [3.8, 4) is 0 Å². The lowest BCUT2D eigenvalue weighted by molar-refractivity contribution is 0.103. The minimum Gasteiger partial charge on any atom is -0.289 e. The van der Waals surface area contributed by atoms with Crippen LogP contribution in [0.15, 0.2) is 82.2 Å². The average Bonchev–Trinajstić information content (AvgIpc) is 2.69. The van der Waals surface area contributed by atoms with E-state index in [9.17, 15) is 13.2 Å². The highest BCUT2D eigenvalue weighted by atomic mass is 79.9. The van der Waals surface area contributed by atoms with Crippen molar-refractivity contribution in [2.24, 2.45) is 0 Å². The Labute approximate surface area is 180 Å². The van der Waals surface area contributed by atoms with E-state index in [1.54, 1.807) is 54.6 Å². The Morgan fingerprint density at radius 1 is 0.897 bits per heavy atom. The molecule has 3 aromatic rings. The van der Waals surface area contributed by atoms with Gasteiger partial charge in [0.25, 0.3) is 10.0 Å². The van der Waals surface area contributed by atoms with Gasteiger partial charge in [-0.05, 0) is 41.3 Å². The molecule has 0 saturated heterocycles. The Morgan fingerprint density at radius 3 is 2.10 bits per heavy atom. The van der Waals surface area contributed by atoms with Crippen LogP contribution >= 0.6 is 15.9 Å². The first-order valence-corrected chi connectivity index (χ1v) is 11.4. The summed E-state index contributed by atoms with van der Waals surface area (Å²) < 4.78 is 29.1. The van der Waals surface area contributed by atoms with E-state index in [4.69, 9.17) is 0 Å². The zero-order valence-corrected chi connectivity index (χ0v) is 18.8. The van der Waals surface area contributed by atoms with E-state index in [-0.39, 0.29) is 27.3 Å². The van der Waals surface area contributed by atoms with Crippen molar-refractivity contribution in [2.75, 3.05) is 4.72 Å². The molecule has 29 heavy (non-hydrogen) atoms. The lowest BCUT2D eigenvalue weighted by Crippen LogP contribution is -2.17. The predicted octanol–water partition coefficient (Wildman–Crippen LogP) is 5.78. The van der Waals surface area contributed by atoms with E-state index in [1.165, 1.54) is 0 Å². The fourth-order valence-corrected chi connectivity index (χ4v) is 4.32. The maximum atomic E-state index is 12.9. The van der Waals surface area contributed by atoms with Crippen molar-refractivity contribution in [2.45, 2.75) is 31.1 Å². The molecule has 3 aromatic carbocycles. The van der Waals surface area contributed by atoms with Crippen molar-refractivity contribution < 1.29 is 13.2 Å². The number of ketones is 1. The molecule has 0 aliphatic heterocycles. The summed E-state index contributed by atoms with van der Waals surface area (Å²) in [6, 6.07) is 20.5. The van der Waals surface area contributed by atoms with Gasteiger partial charge in [-0.3, -0.25) is 9.52 Å². The van der Waals surface area contributed by atoms with Gasteiger partial charge in [0, 0.05) is 15.6 Å². The molecule has 0 amide bonds. The summed E-state index contributed by atoms with van der Waals surface area (Å²) in [6.45, 7) is 6.20. The van der Waals surface area contributed by atoms with Gasteiger partial charge in [0.2, 0.25) is 0 Å². The van der Waals surface area contributed by atoms with Crippen molar-refractivity contribution >= 4 is 37.4 Å². The summed E-state index contributed by atoms with van der Waals surface area (Å²) in [5, 5.41) is 0. The molecular formula is C23H22BrNO3S. The zero-order chi connectivity index (χ0) is 21.2. The summed E-state index contributed by atoms with van der Waals surface area (Å²) in [5.74, 6) is -0.257. The van der Waals surface area contributed by atoms with Gasteiger partial charge in [0.1, 0.15) is 0 Å². The molecule has 0 aliphatic carbocycles. The SMILES string of the molecule is CC(C)(C)c1ccc(S(=O)(=O)Nc2ccc(Br)cc2C(=O)c2ccccc2)cc1. The van der Waals surface area contributed by atoms with Gasteiger partial charge in [-0.15, -0.1) is 0 Å². The van der Waals surface area contributed by atoms with Crippen LogP contribution < -0.4 is 4.72 Å². The summed E-state index contributed by atoms with van der Waals surface area (Å²) in [6.07, 6.45) is 0. The second-order valence-electron chi connectivity index (χ2n) is 7.76. The third-order valence-electron chi connectivity index (χ3n) is 4.54. The molecule has 0 atom stereocenters. The molecule has 0 bridgehead atoms. The molecule has 4 nitrogen and oxygen atoms in total. The van der Waals surface area contributed by atoms with Gasteiger partial charge in [-0.2, -0.15) is 0 Å². The molecule has 0 saturated carbocycles. The molecule has 0 aliphatic rings. The Kier molecular flexibility index (Phi) is 5.96. The molecule has 150 valence electrons. The molecule has 0 heterocycles. The molecule has 3 rings (SSSR count). The van der Waals surface area contributed by atoms with Gasteiger partial charge >= 0.3 is 0 Å². The number of halogens is 1. The van der Waals surface area contributed by atoms with Crippen LogP contribution in [-0.4, -0.2) is 14.2 Å². The quantitative estimate of drug-likeness (QED) is 0.479. The van der Waals surface area contributed by atoms with Crippen molar-refractivity contribution in [1.82, 2.24) is 0 Å². The van der Waals surface area contributed by atoms with Gasteiger partial charge in [-0.1, -0.05) is 79.2 Å². The van der Waals surface area contributed by atoms with Gasteiger partial charge < -0.3 is 0 Å². The Morgan fingerprint density at radius 2 is 1.52 bits per heavy atom. The van der Waals surface area contributed by atoms with Gasteiger partial charge in [0.05, 0.1) is 10.6 Å². The highest BCUT2D eigenvalue weighted by Gasteiger charge is 2.21. The minimum absolute atomic E-state index is 0.0727. The average molecular weight is 472 g/mol. The highest BCUT2D eigenvalue weighted by molar-refractivity contribution is 9.10. The van der Waals surface area contributed by atoms with Gasteiger partial charge in [0.15, 0.2) is 5.78 Å². The number of anilines is 1. The van der Waals surface area contributed by atoms with Crippen LogP contribution in [0, 0.1) is 0 Å². The number of hydrogen-bond acceptors (Lipinski definition) is 3. The van der Waals surface area contributed by atoms with Crippen LogP contribution in [-0.2, 0) is 15.4 Å². The highest BCUT2D eigenvalue weighted by Crippen LogP contribution is 2.28. The number of sulfonamides is 1. The maximum absolute atomic E-state index is 12.9. The monoisotopic (exact) mass is 471 g/mol. The third-order valence-corrected chi connectivity index (χ3v) is 6.41. The standard InChI is InChI=1S/C23H22BrNO3S/c1-23(2,3)17-9-12-19(13-10-17)29(27,28)25-21-14-11-18(24)15-20(21)22(26)16-7-5-4-6-8-16/h4-15,25H,1-3H3. The fourth-order valence-electron chi connectivity index (χ4n) is 2.88. The predicted molar refractivity (Wildman–Crippen MR) is 120 cm³/mol. The molecule has 0 radical (unpaired) electrons. The molecule has 0 fully saturated rings. The Hall–Kier alpha value is -2.44. The molecular weight excluding hydrogens is 450 g/mol. The first-order chi connectivity index (χ1) is 13.6. The second kappa shape index (κ2) is 8.13. The second-order valence-corrected chi connectivity index (χ2v) is 10.4. The molecule has 0 spiro atoms. The van der Waals surface area contributed by atoms with Crippen LogP contribution in [0.25, 0.3) is 0 Å². The molecule has 0 unspecified atom stereocenters. The number of carbonyl (C=O) groups is 1. The smallest absolute Gasteiger partial charge is 0.261 e.